The molecule has 1 aliphatic carbocycles. The molecule has 0 unspecified atom stereocenters. The van der Waals surface area contributed by atoms with Crippen LogP contribution >= 0.6 is 0 Å². The number of nitrogens with two attached hydrogens (primary N) is 1. The minimum atomic E-state index is 0.518. The SMILES string of the molecule is Nc1ccc(COc2ncnc3c2CCCCC3)cc1. The van der Waals surface area contributed by atoms with E-state index in [1.165, 1.54) is 24.8 Å². The van der Waals surface area contributed by atoms with Crippen LogP contribution in [0.5, 0.6) is 5.88 Å². The molecule has 4 heteroatoms. The molecule has 2 N–H and O–H groups in total. The van der Waals surface area contributed by atoms with E-state index in [1.54, 1.807) is 6.33 Å². The number of rotatable bonds is 3. The minimum Gasteiger partial charge on any atom is -0.473 e. The Bertz CT molecular complexity index is 581. The van der Waals surface area contributed by atoms with Crippen LogP contribution in [0.3, 0.4) is 0 Å². The van der Waals surface area contributed by atoms with E-state index in [1.807, 2.05) is 24.3 Å². The van der Waals surface area contributed by atoms with Crippen LogP contribution in [0.15, 0.2) is 30.6 Å². The van der Waals surface area contributed by atoms with E-state index in [2.05, 4.69) is 9.97 Å². The first-order chi connectivity index (χ1) is 9.83. The monoisotopic (exact) mass is 269 g/mol. The fourth-order valence-electron chi connectivity index (χ4n) is 2.56. The maximum Gasteiger partial charge on any atom is 0.220 e. The molecule has 2 aromatic rings. The van der Waals surface area contributed by atoms with Crippen molar-refractivity contribution in [1.82, 2.24) is 9.97 Å². The molecule has 0 atom stereocenters. The summed E-state index contributed by atoms with van der Waals surface area (Å²) in [7, 11) is 0. The molecule has 1 aromatic carbocycles. The Kier molecular flexibility index (Phi) is 3.81. The van der Waals surface area contributed by atoms with Gasteiger partial charge in [-0.3, -0.25) is 0 Å². The highest BCUT2D eigenvalue weighted by atomic mass is 16.5. The maximum absolute atomic E-state index is 5.89. The van der Waals surface area contributed by atoms with Crippen molar-refractivity contribution in [3.8, 4) is 5.88 Å². The molecule has 0 aliphatic heterocycles. The summed E-state index contributed by atoms with van der Waals surface area (Å²) >= 11 is 0. The predicted octanol–water partition coefficient (Wildman–Crippen LogP) is 2.91. The molecule has 0 bridgehead atoms. The van der Waals surface area contributed by atoms with Gasteiger partial charge in [0, 0.05) is 11.3 Å². The van der Waals surface area contributed by atoms with Gasteiger partial charge in [-0.05, 0) is 43.4 Å². The van der Waals surface area contributed by atoms with Crippen LogP contribution in [0.1, 0.15) is 36.1 Å². The summed E-state index contributed by atoms with van der Waals surface area (Å²) in [5.41, 5.74) is 9.90. The first-order valence-corrected chi connectivity index (χ1v) is 7.13. The van der Waals surface area contributed by atoms with E-state index in [4.69, 9.17) is 10.5 Å². The van der Waals surface area contributed by atoms with Crippen molar-refractivity contribution in [2.24, 2.45) is 0 Å². The highest BCUT2D eigenvalue weighted by Gasteiger charge is 2.15. The maximum atomic E-state index is 5.89. The lowest BCUT2D eigenvalue weighted by Gasteiger charge is -2.11. The van der Waals surface area contributed by atoms with Gasteiger partial charge < -0.3 is 10.5 Å². The Balaban J connectivity index is 1.75. The lowest BCUT2D eigenvalue weighted by Crippen LogP contribution is -2.05. The third-order valence-corrected chi connectivity index (χ3v) is 3.69. The summed E-state index contributed by atoms with van der Waals surface area (Å²) in [6.07, 6.45) is 7.33. The number of hydrogen-bond donors (Lipinski definition) is 1. The lowest BCUT2D eigenvalue weighted by molar-refractivity contribution is 0.289. The smallest absolute Gasteiger partial charge is 0.220 e. The molecule has 1 aromatic heterocycles. The number of nitrogens with zero attached hydrogens (tertiary/aromatic N) is 2. The van der Waals surface area contributed by atoms with Crippen LogP contribution in [-0.2, 0) is 19.4 Å². The van der Waals surface area contributed by atoms with E-state index in [-0.39, 0.29) is 0 Å². The number of hydrogen-bond acceptors (Lipinski definition) is 4. The van der Waals surface area contributed by atoms with Gasteiger partial charge in [0.25, 0.3) is 0 Å². The standard InChI is InChI=1S/C16H19N3O/c17-13-8-6-12(7-9-13)10-20-16-14-4-2-1-3-5-15(14)18-11-19-16/h6-9,11H,1-5,10,17H2. The van der Waals surface area contributed by atoms with Crippen LogP contribution in [0, 0.1) is 0 Å². The summed E-state index contributed by atoms with van der Waals surface area (Å²) in [4.78, 5) is 8.71. The van der Waals surface area contributed by atoms with Gasteiger partial charge >= 0.3 is 0 Å². The second kappa shape index (κ2) is 5.90. The zero-order valence-corrected chi connectivity index (χ0v) is 11.5. The van der Waals surface area contributed by atoms with Crippen molar-refractivity contribution < 1.29 is 4.74 Å². The Morgan fingerprint density at radius 2 is 1.80 bits per heavy atom. The fraction of sp³-hybridized carbons (Fsp3) is 0.375. The summed E-state index contributed by atoms with van der Waals surface area (Å²) < 4.78 is 5.89. The van der Waals surface area contributed by atoms with Crippen molar-refractivity contribution in [3.63, 3.8) is 0 Å². The van der Waals surface area contributed by atoms with Gasteiger partial charge in [-0.2, -0.15) is 0 Å². The van der Waals surface area contributed by atoms with Crippen molar-refractivity contribution in [2.75, 3.05) is 5.73 Å². The van der Waals surface area contributed by atoms with Gasteiger partial charge in [0.05, 0.1) is 5.69 Å². The third-order valence-electron chi connectivity index (χ3n) is 3.69. The molecule has 4 nitrogen and oxygen atoms in total. The van der Waals surface area contributed by atoms with Gasteiger partial charge in [-0.1, -0.05) is 18.6 Å². The van der Waals surface area contributed by atoms with E-state index in [9.17, 15) is 0 Å². The summed E-state index contributed by atoms with van der Waals surface area (Å²) in [5.74, 6) is 0.744. The quantitative estimate of drug-likeness (QED) is 0.687. The fourth-order valence-corrected chi connectivity index (χ4v) is 2.56. The second-order valence-corrected chi connectivity index (χ2v) is 5.19. The van der Waals surface area contributed by atoms with Crippen molar-refractivity contribution in [2.45, 2.75) is 38.7 Å². The minimum absolute atomic E-state index is 0.518. The number of nitrogen functional groups attached to an aromatic ring is 1. The van der Waals surface area contributed by atoms with E-state index in [0.717, 1.165) is 35.7 Å². The second-order valence-electron chi connectivity index (χ2n) is 5.19. The molecular formula is C16H19N3O. The Morgan fingerprint density at radius 1 is 1.00 bits per heavy atom. The number of fused-ring (bicyclic) bond motifs is 1. The lowest BCUT2D eigenvalue weighted by atomic mass is 10.1. The van der Waals surface area contributed by atoms with Crippen molar-refractivity contribution >= 4 is 5.69 Å². The van der Waals surface area contributed by atoms with E-state index < -0.39 is 0 Å². The first-order valence-electron chi connectivity index (χ1n) is 7.13. The zero-order chi connectivity index (χ0) is 13.8. The molecule has 104 valence electrons. The van der Waals surface area contributed by atoms with Crippen LogP contribution in [0.2, 0.25) is 0 Å². The van der Waals surface area contributed by atoms with Gasteiger partial charge in [0.15, 0.2) is 0 Å². The molecule has 0 saturated heterocycles. The number of aryl methyl sites for hydroxylation is 1. The van der Waals surface area contributed by atoms with Gasteiger partial charge in [-0.25, -0.2) is 9.97 Å². The van der Waals surface area contributed by atoms with Gasteiger partial charge in [-0.15, -0.1) is 0 Å². The third kappa shape index (κ3) is 2.90. The topological polar surface area (TPSA) is 61.0 Å². The summed E-state index contributed by atoms with van der Waals surface area (Å²) in [6.45, 7) is 0.518. The normalized spacial score (nSPS) is 14.4. The zero-order valence-electron chi connectivity index (χ0n) is 11.5. The molecule has 0 amide bonds. The van der Waals surface area contributed by atoms with Crippen LogP contribution in [0.4, 0.5) is 5.69 Å². The Hall–Kier alpha value is -2.10. The predicted molar refractivity (Wildman–Crippen MR) is 78.5 cm³/mol. The van der Waals surface area contributed by atoms with Crippen molar-refractivity contribution in [3.05, 3.63) is 47.4 Å². The molecule has 0 fully saturated rings. The molecule has 0 saturated carbocycles. The number of benzene rings is 1. The Morgan fingerprint density at radius 3 is 2.65 bits per heavy atom. The van der Waals surface area contributed by atoms with Crippen LogP contribution in [0.25, 0.3) is 0 Å². The highest BCUT2D eigenvalue weighted by molar-refractivity contribution is 5.39. The number of aromatic nitrogens is 2. The largest absolute Gasteiger partial charge is 0.473 e. The molecular weight excluding hydrogens is 250 g/mol. The average Bonchev–Trinajstić information content (AvgIpc) is 2.72. The molecule has 3 rings (SSSR count). The molecule has 0 spiro atoms. The average molecular weight is 269 g/mol. The first kappa shape index (κ1) is 12.9. The van der Waals surface area contributed by atoms with Crippen molar-refractivity contribution in [1.29, 1.82) is 0 Å². The van der Waals surface area contributed by atoms with Crippen LogP contribution < -0.4 is 10.5 Å². The summed E-state index contributed by atoms with van der Waals surface area (Å²) in [6, 6.07) is 7.74. The van der Waals surface area contributed by atoms with E-state index >= 15 is 0 Å². The number of ether oxygens (including phenoxy) is 1. The van der Waals surface area contributed by atoms with Gasteiger partial charge in [0.2, 0.25) is 5.88 Å². The Labute approximate surface area is 119 Å². The summed E-state index contributed by atoms with van der Waals surface area (Å²) in [5, 5.41) is 0. The highest BCUT2D eigenvalue weighted by Crippen LogP contribution is 2.25. The van der Waals surface area contributed by atoms with Gasteiger partial charge in [0.1, 0.15) is 12.9 Å². The number of anilines is 1. The van der Waals surface area contributed by atoms with Crippen LogP contribution in [-0.4, -0.2) is 9.97 Å². The molecule has 1 heterocycles. The molecule has 1 aliphatic rings. The molecule has 20 heavy (non-hydrogen) atoms. The molecule has 0 radical (unpaired) electrons. The van der Waals surface area contributed by atoms with E-state index in [0.29, 0.717) is 6.61 Å².